The molecule has 0 amide bonds. The lowest BCUT2D eigenvalue weighted by Crippen LogP contribution is -2.06. The van der Waals surface area contributed by atoms with E-state index in [9.17, 15) is 4.39 Å². The van der Waals surface area contributed by atoms with Crippen LogP contribution in [0.5, 0.6) is 0 Å². The third-order valence-electron chi connectivity index (χ3n) is 2.68. The molecule has 0 atom stereocenters. The second-order valence-electron chi connectivity index (χ2n) is 4.36. The number of nitrogens with zero attached hydrogens (tertiary/aromatic N) is 2. The van der Waals surface area contributed by atoms with Crippen LogP contribution in [0.15, 0.2) is 24.4 Å². The van der Waals surface area contributed by atoms with Gasteiger partial charge in [0.15, 0.2) is 0 Å². The summed E-state index contributed by atoms with van der Waals surface area (Å²) >= 11 is 0. The molecule has 0 fully saturated rings. The smallest absolute Gasteiger partial charge is 0.224 e. The number of nitrogens with one attached hydrogen (secondary N) is 2. The van der Waals surface area contributed by atoms with E-state index in [2.05, 4.69) is 20.6 Å². The molecule has 0 aliphatic carbocycles. The summed E-state index contributed by atoms with van der Waals surface area (Å²) in [5.74, 6) is 0.840. The molecule has 2 aromatic rings. The highest BCUT2D eigenvalue weighted by Gasteiger charge is 2.07. The van der Waals surface area contributed by atoms with Gasteiger partial charge in [-0.05, 0) is 38.5 Å². The summed E-state index contributed by atoms with van der Waals surface area (Å²) in [6.07, 6.45) is 1.71. The number of hydrogen-bond donors (Lipinski definition) is 2. The van der Waals surface area contributed by atoms with Crippen LogP contribution in [0.1, 0.15) is 18.1 Å². The fourth-order valence-corrected chi connectivity index (χ4v) is 1.67. The minimum Gasteiger partial charge on any atom is -0.354 e. The number of benzene rings is 1. The van der Waals surface area contributed by atoms with E-state index < -0.39 is 0 Å². The first-order valence-corrected chi connectivity index (χ1v) is 6.21. The molecule has 0 aliphatic heterocycles. The lowest BCUT2D eigenvalue weighted by atomic mass is 10.2. The Morgan fingerprint density at radius 2 is 2.05 bits per heavy atom. The van der Waals surface area contributed by atoms with Crippen LogP contribution in [0.4, 0.5) is 21.8 Å². The summed E-state index contributed by atoms with van der Waals surface area (Å²) in [7, 11) is 0. The van der Waals surface area contributed by atoms with Crippen LogP contribution >= 0.6 is 0 Å². The molecule has 0 aliphatic rings. The van der Waals surface area contributed by atoms with Crippen LogP contribution < -0.4 is 10.6 Å². The van der Waals surface area contributed by atoms with Crippen LogP contribution in [0.2, 0.25) is 0 Å². The molecule has 2 N–H and O–H groups in total. The summed E-state index contributed by atoms with van der Waals surface area (Å²) < 4.78 is 13.7. The molecule has 19 heavy (non-hydrogen) atoms. The van der Waals surface area contributed by atoms with Crippen LogP contribution in [-0.4, -0.2) is 16.5 Å². The molecule has 1 aromatic heterocycles. The Morgan fingerprint density at radius 3 is 2.79 bits per heavy atom. The molecular formula is C14H17FN4. The average molecular weight is 260 g/mol. The zero-order valence-electron chi connectivity index (χ0n) is 11.3. The third kappa shape index (κ3) is 3.19. The van der Waals surface area contributed by atoms with Crippen molar-refractivity contribution in [3.05, 3.63) is 41.3 Å². The Kier molecular flexibility index (Phi) is 3.94. The number of aryl methyl sites for hydroxylation is 2. The summed E-state index contributed by atoms with van der Waals surface area (Å²) in [4.78, 5) is 8.48. The maximum absolute atomic E-state index is 13.7. The molecule has 0 saturated carbocycles. The van der Waals surface area contributed by atoms with Crippen molar-refractivity contribution < 1.29 is 4.39 Å². The minimum absolute atomic E-state index is 0.298. The van der Waals surface area contributed by atoms with Gasteiger partial charge in [0.25, 0.3) is 0 Å². The molecule has 100 valence electrons. The van der Waals surface area contributed by atoms with Gasteiger partial charge in [-0.25, -0.2) is 9.37 Å². The number of hydrogen-bond acceptors (Lipinski definition) is 4. The fourth-order valence-electron chi connectivity index (χ4n) is 1.67. The van der Waals surface area contributed by atoms with Gasteiger partial charge >= 0.3 is 0 Å². The van der Waals surface area contributed by atoms with Crippen molar-refractivity contribution in [1.29, 1.82) is 0 Å². The van der Waals surface area contributed by atoms with Crippen molar-refractivity contribution in [3.63, 3.8) is 0 Å². The average Bonchev–Trinajstić information content (AvgIpc) is 2.38. The van der Waals surface area contributed by atoms with Crippen molar-refractivity contribution in [3.8, 4) is 0 Å². The third-order valence-corrected chi connectivity index (χ3v) is 2.68. The van der Waals surface area contributed by atoms with Crippen molar-refractivity contribution in [2.75, 3.05) is 17.2 Å². The topological polar surface area (TPSA) is 49.8 Å². The zero-order chi connectivity index (χ0) is 13.8. The van der Waals surface area contributed by atoms with Gasteiger partial charge in [0.1, 0.15) is 11.6 Å². The Bertz CT molecular complexity index is 584. The van der Waals surface area contributed by atoms with Gasteiger partial charge in [0.2, 0.25) is 5.95 Å². The number of anilines is 3. The van der Waals surface area contributed by atoms with Gasteiger partial charge < -0.3 is 10.6 Å². The van der Waals surface area contributed by atoms with E-state index in [0.717, 1.165) is 17.7 Å². The summed E-state index contributed by atoms with van der Waals surface area (Å²) in [5, 5.41) is 6.04. The van der Waals surface area contributed by atoms with E-state index >= 15 is 0 Å². The van der Waals surface area contributed by atoms with Gasteiger partial charge in [-0.1, -0.05) is 6.07 Å². The van der Waals surface area contributed by atoms with E-state index in [-0.39, 0.29) is 5.82 Å². The molecular weight excluding hydrogens is 243 g/mol. The quantitative estimate of drug-likeness (QED) is 0.884. The van der Waals surface area contributed by atoms with Gasteiger partial charge in [-0.3, -0.25) is 0 Å². The highest BCUT2D eigenvalue weighted by atomic mass is 19.1. The molecule has 0 bridgehead atoms. The zero-order valence-corrected chi connectivity index (χ0v) is 11.3. The standard InChI is InChI=1S/C14H17FN4/c1-4-16-14-17-8-10(3)13(19-14)18-12-7-9(2)5-6-11(12)15/h5-8H,4H2,1-3H3,(H2,16,17,18,19). The van der Waals surface area contributed by atoms with Crippen LogP contribution in [0.25, 0.3) is 0 Å². The van der Waals surface area contributed by atoms with Crippen molar-refractivity contribution in [1.82, 2.24) is 9.97 Å². The Balaban J connectivity index is 2.31. The van der Waals surface area contributed by atoms with Crippen LogP contribution in [0, 0.1) is 19.7 Å². The fraction of sp³-hybridized carbons (Fsp3) is 0.286. The normalized spacial score (nSPS) is 10.3. The van der Waals surface area contributed by atoms with Crippen molar-refractivity contribution in [2.24, 2.45) is 0 Å². The predicted octanol–water partition coefficient (Wildman–Crippen LogP) is 3.41. The van der Waals surface area contributed by atoms with Crippen molar-refractivity contribution in [2.45, 2.75) is 20.8 Å². The van der Waals surface area contributed by atoms with Crippen LogP contribution in [0.3, 0.4) is 0 Å². The Labute approximate surface area is 112 Å². The van der Waals surface area contributed by atoms with Gasteiger partial charge in [0.05, 0.1) is 5.69 Å². The van der Waals surface area contributed by atoms with Gasteiger partial charge in [0, 0.05) is 18.3 Å². The molecule has 0 radical (unpaired) electrons. The first-order chi connectivity index (χ1) is 9.10. The van der Waals surface area contributed by atoms with E-state index in [0.29, 0.717) is 17.5 Å². The van der Waals surface area contributed by atoms with Crippen molar-refractivity contribution >= 4 is 17.5 Å². The highest BCUT2D eigenvalue weighted by Crippen LogP contribution is 2.22. The number of aromatic nitrogens is 2. The molecule has 1 heterocycles. The van der Waals surface area contributed by atoms with E-state index in [1.807, 2.05) is 20.8 Å². The molecule has 0 spiro atoms. The predicted molar refractivity (Wildman–Crippen MR) is 75.4 cm³/mol. The monoisotopic (exact) mass is 260 g/mol. The van der Waals surface area contributed by atoms with Gasteiger partial charge in [-0.15, -0.1) is 0 Å². The second-order valence-corrected chi connectivity index (χ2v) is 4.36. The molecule has 2 rings (SSSR count). The summed E-state index contributed by atoms with van der Waals surface area (Å²) in [6.45, 7) is 6.51. The first kappa shape index (κ1) is 13.3. The lowest BCUT2D eigenvalue weighted by molar-refractivity contribution is 0.631. The Morgan fingerprint density at radius 1 is 1.26 bits per heavy atom. The van der Waals surface area contributed by atoms with Crippen LogP contribution in [-0.2, 0) is 0 Å². The Hall–Kier alpha value is -2.17. The first-order valence-electron chi connectivity index (χ1n) is 6.21. The lowest BCUT2D eigenvalue weighted by Gasteiger charge is -2.11. The molecule has 0 unspecified atom stereocenters. The second kappa shape index (κ2) is 5.65. The SMILES string of the molecule is CCNc1ncc(C)c(Nc2cc(C)ccc2F)n1. The van der Waals surface area contributed by atoms with E-state index in [1.54, 1.807) is 18.3 Å². The molecule has 1 aromatic carbocycles. The largest absolute Gasteiger partial charge is 0.354 e. The maximum Gasteiger partial charge on any atom is 0.224 e. The summed E-state index contributed by atoms with van der Waals surface area (Å²) in [6, 6.07) is 4.93. The summed E-state index contributed by atoms with van der Waals surface area (Å²) in [5.41, 5.74) is 2.27. The number of rotatable bonds is 4. The minimum atomic E-state index is -0.298. The molecule has 4 nitrogen and oxygen atoms in total. The van der Waals surface area contributed by atoms with Gasteiger partial charge in [-0.2, -0.15) is 4.98 Å². The number of halogens is 1. The van der Waals surface area contributed by atoms with E-state index in [1.165, 1.54) is 6.07 Å². The maximum atomic E-state index is 13.7. The highest BCUT2D eigenvalue weighted by molar-refractivity contribution is 5.61. The molecule has 5 heteroatoms. The molecule has 0 saturated heterocycles. The van der Waals surface area contributed by atoms with E-state index in [4.69, 9.17) is 0 Å².